The molecule has 2 aromatic rings. The van der Waals surface area contributed by atoms with Crippen LogP contribution in [0.25, 0.3) is 0 Å². The lowest BCUT2D eigenvalue weighted by atomic mass is 10.2. The van der Waals surface area contributed by atoms with E-state index in [-0.39, 0.29) is 5.91 Å². The van der Waals surface area contributed by atoms with Crippen LogP contribution >= 0.6 is 38.9 Å². The highest BCUT2D eigenvalue weighted by atomic mass is 79.9. The lowest BCUT2D eigenvalue weighted by molar-refractivity contribution is 0.0955. The smallest absolute Gasteiger partial charge is 0.267 e. The largest absolute Gasteiger partial charge is 0.271 e. The molecule has 0 radical (unpaired) electrons. The molecular weight excluding hydrogens is 336 g/mol. The van der Waals surface area contributed by atoms with Gasteiger partial charge in [-0.05, 0) is 40.2 Å². The van der Waals surface area contributed by atoms with Crippen molar-refractivity contribution in [2.24, 2.45) is 5.10 Å². The summed E-state index contributed by atoms with van der Waals surface area (Å²) in [4.78, 5) is 12.7. The van der Waals surface area contributed by atoms with Crippen molar-refractivity contribution in [2.45, 2.75) is 0 Å². The zero-order valence-electron chi connectivity index (χ0n) is 9.06. The number of thiophene rings is 1. The van der Waals surface area contributed by atoms with E-state index < -0.39 is 0 Å². The SMILES string of the molecule is O=C(N/N=C\c1cc(Br)cs1)c1cccc(Cl)c1. The minimum absolute atomic E-state index is 0.288. The van der Waals surface area contributed by atoms with E-state index in [0.717, 1.165) is 9.35 Å². The summed E-state index contributed by atoms with van der Waals surface area (Å²) in [6.45, 7) is 0. The van der Waals surface area contributed by atoms with Gasteiger partial charge in [0.2, 0.25) is 0 Å². The zero-order chi connectivity index (χ0) is 13.0. The maximum atomic E-state index is 11.7. The van der Waals surface area contributed by atoms with Crippen LogP contribution < -0.4 is 5.43 Å². The third kappa shape index (κ3) is 3.66. The van der Waals surface area contributed by atoms with Crippen molar-refractivity contribution in [2.75, 3.05) is 0 Å². The van der Waals surface area contributed by atoms with Gasteiger partial charge in [-0.1, -0.05) is 17.7 Å². The molecule has 0 unspecified atom stereocenters. The van der Waals surface area contributed by atoms with Crippen LogP contribution in [0.1, 0.15) is 15.2 Å². The first-order valence-electron chi connectivity index (χ1n) is 4.98. The number of hydrogen-bond acceptors (Lipinski definition) is 3. The van der Waals surface area contributed by atoms with Crippen LogP contribution in [0.5, 0.6) is 0 Å². The molecule has 0 saturated carbocycles. The normalized spacial score (nSPS) is 10.8. The van der Waals surface area contributed by atoms with Gasteiger partial charge in [0.1, 0.15) is 0 Å². The van der Waals surface area contributed by atoms with Crippen molar-refractivity contribution in [1.82, 2.24) is 5.43 Å². The van der Waals surface area contributed by atoms with E-state index in [9.17, 15) is 4.79 Å². The Hall–Kier alpha value is -1.17. The summed E-state index contributed by atoms with van der Waals surface area (Å²) in [7, 11) is 0. The fourth-order valence-electron chi connectivity index (χ4n) is 1.24. The molecule has 0 bridgehead atoms. The highest BCUT2D eigenvalue weighted by Crippen LogP contribution is 2.17. The van der Waals surface area contributed by atoms with E-state index in [1.54, 1.807) is 30.5 Å². The van der Waals surface area contributed by atoms with Crippen LogP contribution in [0.2, 0.25) is 5.02 Å². The van der Waals surface area contributed by atoms with Gasteiger partial charge >= 0.3 is 0 Å². The first kappa shape index (κ1) is 13.3. The van der Waals surface area contributed by atoms with Crippen molar-refractivity contribution < 1.29 is 4.79 Å². The fourth-order valence-corrected chi connectivity index (χ4v) is 2.74. The molecular formula is C12H8BrClN2OS. The molecule has 92 valence electrons. The first-order chi connectivity index (χ1) is 8.65. The number of hydrogen-bond donors (Lipinski definition) is 1. The molecule has 0 fully saturated rings. The standard InChI is InChI=1S/C12H8BrClN2OS/c13-9-5-11(18-7-9)6-15-16-12(17)8-2-1-3-10(14)4-8/h1-7H,(H,16,17)/b15-6-. The molecule has 1 aromatic carbocycles. The quantitative estimate of drug-likeness (QED) is 0.666. The second-order valence-corrected chi connectivity index (χ2v) is 5.67. The molecule has 0 saturated heterocycles. The maximum Gasteiger partial charge on any atom is 0.271 e. The van der Waals surface area contributed by atoms with Crippen LogP contribution in [-0.4, -0.2) is 12.1 Å². The Bertz CT molecular complexity index is 597. The van der Waals surface area contributed by atoms with E-state index in [1.807, 2.05) is 11.4 Å². The third-order valence-corrected chi connectivity index (χ3v) is 3.90. The Morgan fingerprint density at radius 2 is 2.28 bits per heavy atom. The van der Waals surface area contributed by atoms with E-state index in [2.05, 4.69) is 26.5 Å². The Kier molecular flexibility index (Phi) is 4.52. The van der Waals surface area contributed by atoms with Gasteiger partial charge in [-0.15, -0.1) is 11.3 Å². The number of benzene rings is 1. The minimum Gasteiger partial charge on any atom is -0.267 e. The van der Waals surface area contributed by atoms with Gasteiger partial charge in [0, 0.05) is 25.3 Å². The predicted octanol–water partition coefficient (Wildman–Crippen LogP) is 3.93. The van der Waals surface area contributed by atoms with E-state index in [0.29, 0.717) is 10.6 Å². The Balaban J connectivity index is 1.98. The van der Waals surface area contributed by atoms with E-state index in [1.165, 1.54) is 11.3 Å². The lowest BCUT2D eigenvalue weighted by Crippen LogP contribution is -2.17. The van der Waals surface area contributed by atoms with Crippen LogP contribution in [0.4, 0.5) is 0 Å². The summed E-state index contributed by atoms with van der Waals surface area (Å²) in [6, 6.07) is 8.62. The molecule has 6 heteroatoms. The predicted molar refractivity (Wildman–Crippen MR) is 78.5 cm³/mol. The second kappa shape index (κ2) is 6.13. The molecule has 3 nitrogen and oxygen atoms in total. The van der Waals surface area contributed by atoms with Crippen molar-refractivity contribution in [3.63, 3.8) is 0 Å². The van der Waals surface area contributed by atoms with Crippen molar-refractivity contribution in [3.8, 4) is 0 Å². The molecule has 1 aromatic heterocycles. The molecule has 1 amide bonds. The highest BCUT2D eigenvalue weighted by molar-refractivity contribution is 9.10. The van der Waals surface area contributed by atoms with Crippen molar-refractivity contribution in [3.05, 3.63) is 55.6 Å². The molecule has 0 aliphatic rings. The number of amides is 1. The monoisotopic (exact) mass is 342 g/mol. The minimum atomic E-state index is -0.288. The van der Waals surface area contributed by atoms with E-state index >= 15 is 0 Å². The molecule has 1 heterocycles. The molecule has 2 rings (SSSR count). The number of carbonyl (C=O) groups is 1. The fraction of sp³-hybridized carbons (Fsp3) is 0. The summed E-state index contributed by atoms with van der Waals surface area (Å²) in [5.74, 6) is -0.288. The molecule has 1 N–H and O–H groups in total. The van der Waals surface area contributed by atoms with Crippen molar-refractivity contribution in [1.29, 1.82) is 0 Å². The summed E-state index contributed by atoms with van der Waals surface area (Å²) in [5, 5.41) is 6.35. The summed E-state index contributed by atoms with van der Waals surface area (Å²) in [5.41, 5.74) is 2.93. The molecule has 0 aliphatic heterocycles. The third-order valence-electron chi connectivity index (χ3n) is 2.03. The summed E-state index contributed by atoms with van der Waals surface area (Å²) >= 11 is 10.7. The number of nitrogens with one attached hydrogen (secondary N) is 1. The lowest BCUT2D eigenvalue weighted by Gasteiger charge is -1.99. The maximum absolute atomic E-state index is 11.7. The van der Waals surface area contributed by atoms with Gasteiger partial charge in [0.25, 0.3) is 5.91 Å². The first-order valence-corrected chi connectivity index (χ1v) is 7.03. The van der Waals surface area contributed by atoms with Crippen molar-refractivity contribution >= 4 is 51.0 Å². The van der Waals surface area contributed by atoms with Gasteiger partial charge in [0.05, 0.1) is 6.21 Å². The zero-order valence-corrected chi connectivity index (χ0v) is 12.2. The van der Waals surface area contributed by atoms with Gasteiger partial charge in [-0.3, -0.25) is 4.79 Å². The molecule has 0 spiro atoms. The van der Waals surface area contributed by atoms with Crippen LogP contribution in [0.15, 0.2) is 45.3 Å². The number of nitrogens with zero attached hydrogens (tertiary/aromatic N) is 1. The van der Waals surface area contributed by atoms with Crippen LogP contribution in [0.3, 0.4) is 0 Å². The van der Waals surface area contributed by atoms with Gasteiger partial charge in [0.15, 0.2) is 0 Å². The molecule has 18 heavy (non-hydrogen) atoms. The topological polar surface area (TPSA) is 41.5 Å². The average molecular weight is 344 g/mol. The average Bonchev–Trinajstić information content (AvgIpc) is 2.75. The van der Waals surface area contributed by atoms with Crippen LogP contribution in [0, 0.1) is 0 Å². The van der Waals surface area contributed by atoms with Crippen LogP contribution in [-0.2, 0) is 0 Å². The highest BCUT2D eigenvalue weighted by Gasteiger charge is 2.03. The number of rotatable bonds is 3. The Labute approximate surface area is 122 Å². The summed E-state index contributed by atoms with van der Waals surface area (Å²) in [6.07, 6.45) is 1.60. The van der Waals surface area contributed by atoms with Gasteiger partial charge < -0.3 is 0 Å². The second-order valence-electron chi connectivity index (χ2n) is 3.38. The van der Waals surface area contributed by atoms with Gasteiger partial charge in [-0.25, -0.2) is 5.43 Å². The van der Waals surface area contributed by atoms with E-state index in [4.69, 9.17) is 11.6 Å². The Morgan fingerprint density at radius 3 is 2.94 bits per heavy atom. The summed E-state index contributed by atoms with van der Waals surface area (Å²) < 4.78 is 0.995. The number of hydrazone groups is 1. The Morgan fingerprint density at radius 1 is 1.44 bits per heavy atom. The molecule has 0 atom stereocenters. The number of carbonyl (C=O) groups excluding carboxylic acids is 1. The molecule has 0 aliphatic carbocycles. The number of halogens is 2. The van der Waals surface area contributed by atoms with Gasteiger partial charge in [-0.2, -0.15) is 5.10 Å².